The predicted octanol–water partition coefficient (Wildman–Crippen LogP) is 2.75. The molecule has 0 aromatic heterocycles. The molecule has 0 saturated carbocycles. The van der Waals surface area contributed by atoms with E-state index in [0.717, 1.165) is 10.5 Å². The molecule has 2 N–H and O–H groups in total. The quantitative estimate of drug-likeness (QED) is 0.753. The fourth-order valence-electron chi connectivity index (χ4n) is 2.38. The summed E-state index contributed by atoms with van der Waals surface area (Å²) >= 11 is 0. The van der Waals surface area contributed by atoms with Crippen LogP contribution in [0.4, 0.5) is 4.79 Å². The van der Waals surface area contributed by atoms with E-state index in [1.54, 1.807) is 54.6 Å². The van der Waals surface area contributed by atoms with Crippen LogP contribution in [0.3, 0.4) is 0 Å². The monoisotopic (exact) mass is 357 g/mol. The van der Waals surface area contributed by atoms with Crippen molar-refractivity contribution in [3.05, 3.63) is 71.8 Å². The van der Waals surface area contributed by atoms with Crippen LogP contribution in [0.2, 0.25) is 0 Å². The predicted molar refractivity (Wildman–Crippen MR) is 92.3 cm³/mol. The van der Waals surface area contributed by atoms with Crippen LogP contribution < -0.4 is 0 Å². The van der Waals surface area contributed by atoms with Gasteiger partial charge in [0, 0.05) is 6.54 Å². The van der Waals surface area contributed by atoms with E-state index < -0.39 is 30.5 Å². The van der Waals surface area contributed by atoms with Crippen molar-refractivity contribution in [1.82, 2.24) is 4.90 Å². The smallest absolute Gasteiger partial charge is 0.411 e. The molecule has 7 heteroatoms. The van der Waals surface area contributed by atoms with Gasteiger partial charge in [-0.3, -0.25) is 9.69 Å². The number of hydrogen-bond acceptors (Lipinski definition) is 4. The molecule has 1 amide bonds. The maximum atomic E-state index is 12.5. The second-order valence-corrected chi connectivity index (χ2v) is 5.61. The number of ether oxygens (including phenoxy) is 1. The van der Waals surface area contributed by atoms with Crippen LogP contribution in [0.5, 0.6) is 0 Å². The molecular weight excluding hydrogens is 338 g/mol. The minimum Gasteiger partial charge on any atom is -0.481 e. The molecule has 1 atom stereocenters. The first kappa shape index (κ1) is 19.0. The normalized spacial score (nSPS) is 11.4. The van der Waals surface area contributed by atoms with Gasteiger partial charge in [0.05, 0.1) is 6.42 Å². The number of rotatable bonds is 8. The van der Waals surface area contributed by atoms with E-state index in [0.29, 0.717) is 5.56 Å². The summed E-state index contributed by atoms with van der Waals surface area (Å²) in [6.45, 7) is -0.108. The first-order valence-electron chi connectivity index (χ1n) is 7.93. The van der Waals surface area contributed by atoms with Gasteiger partial charge in [-0.05, 0) is 11.1 Å². The van der Waals surface area contributed by atoms with Crippen molar-refractivity contribution < 1.29 is 29.3 Å². The van der Waals surface area contributed by atoms with Crippen LogP contribution in [0.25, 0.3) is 0 Å². The minimum absolute atomic E-state index is 0.0373. The summed E-state index contributed by atoms with van der Waals surface area (Å²) in [6, 6.07) is 16.1. The molecule has 0 radical (unpaired) electrons. The standard InChI is InChI=1S/C19H19NO6/c21-17(22)11-16(18(23)24)20(12-14-7-3-1-4-8-14)19(25)26-13-15-9-5-2-6-10-15/h1-10,16H,11-13H2,(H,21,22)(H,23,24). The average molecular weight is 357 g/mol. The highest BCUT2D eigenvalue weighted by Gasteiger charge is 2.33. The van der Waals surface area contributed by atoms with E-state index in [2.05, 4.69) is 0 Å². The number of nitrogens with zero attached hydrogens (tertiary/aromatic N) is 1. The number of amides is 1. The molecule has 1 unspecified atom stereocenters. The van der Waals surface area contributed by atoms with Crippen LogP contribution in [0, 0.1) is 0 Å². The third kappa shape index (κ3) is 5.62. The van der Waals surface area contributed by atoms with Gasteiger partial charge in [-0.1, -0.05) is 60.7 Å². The van der Waals surface area contributed by atoms with Gasteiger partial charge in [0.1, 0.15) is 12.6 Å². The summed E-state index contributed by atoms with van der Waals surface area (Å²) in [5.41, 5.74) is 1.41. The Kier molecular flexibility index (Phi) is 6.73. The van der Waals surface area contributed by atoms with Crippen molar-refractivity contribution in [2.45, 2.75) is 25.6 Å². The lowest BCUT2D eigenvalue weighted by Crippen LogP contribution is -2.46. The molecule has 0 bridgehead atoms. The van der Waals surface area contributed by atoms with Crippen molar-refractivity contribution in [3.8, 4) is 0 Å². The third-order valence-corrected chi connectivity index (χ3v) is 3.66. The second-order valence-electron chi connectivity index (χ2n) is 5.61. The summed E-state index contributed by atoms with van der Waals surface area (Å²) in [5.74, 6) is -2.72. The molecule has 2 aromatic rings. The van der Waals surface area contributed by atoms with Crippen molar-refractivity contribution in [3.63, 3.8) is 0 Å². The van der Waals surface area contributed by atoms with Crippen LogP contribution in [-0.4, -0.2) is 39.2 Å². The highest BCUT2D eigenvalue weighted by molar-refractivity contribution is 5.84. The van der Waals surface area contributed by atoms with Gasteiger partial charge in [0.15, 0.2) is 0 Å². The summed E-state index contributed by atoms with van der Waals surface area (Å²) in [5, 5.41) is 18.4. The van der Waals surface area contributed by atoms with Crippen LogP contribution >= 0.6 is 0 Å². The molecule has 0 fully saturated rings. The molecule has 0 heterocycles. The Morgan fingerprint density at radius 3 is 1.92 bits per heavy atom. The molecule has 2 rings (SSSR count). The molecular formula is C19H19NO6. The van der Waals surface area contributed by atoms with E-state index in [1.165, 1.54) is 0 Å². The number of hydrogen-bond donors (Lipinski definition) is 2. The molecule has 7 nitrogen and oxygen atoms in total. The summed E-state index contributed by atoms with van der Waals surface area (Å²) in [4.78, 5) is 36.0. The zero-order valence-electron chi connectivity index (χ0n) is 13.9. The van der Waals surface area contributed by atoms with E-state index in [1.807, 2.05) is 6.07 Å². The minimum atomic E-state index is -1.53. The van der Waals surface area contributed by atoms with Gasteiger partial charge in [-0.25, -0.2) is 9.59 Å². The topological polar surface area (TPSA) is 104 Å². The summed E-state index contributed by atoms with van der Waals surface area (Å²) < 4.78 is 5.21. The van der Waals surface area contributed by atoms with Crippen molar-refractivity contribution in [1.29, 1.82) is 0 Å². The van der Waals surface area contributed by atoms with Crippen LogP contribution in [-0.2, 0) is 27.5 Å². The van der Waals surface area contributed by atoms with Gasteiger partial charge in [-0.2, -0.15) is 0 Å². The van der Waals surface area contributed by atoms with Crippen molar-refractivity contribution in [2.24, 2.45) is 0 Å². The number of carbonyl (C=O) groups is 3. The number of benzene rings is 2. The Balaban J connectivity index is 2.18. The number of carboxylic acid groups (broad SMARTS) is 2. The number of carboxylic acids is 2. The number of aliphatic carboxylic acids is 2. The van der Waals surface area contributed by atoms with E-state index in [9.17, 15) is 19.5 Å². The molecule has 136 valence electrons. The van der Waals surface area contributed by atoms with E-state index in [-0.39, 0.29) is 13.2 Å². The van der Waals surface area contributed by atoms with Gasteiger partial charge in [-0.15, -0.1) is 0 Å². The molecule has 26 heavy (non-hydrogen) atoms. The maximum absolute atomic E-state index is 12.5. The van der Waals surface area contributed by atoms with Crippen molar-refractivity contribution in [2.75, 3.05) is 0 Å². The van der Waals surface area contributed by atoms with E-state index in [4.69, 9.17) is 9.84 Å². The fraction of sp³-hybridized carbons (Fsp3) is 0.211. The Morgan fingerprint density at radius 1 is 0.885 bits per heavy atom. The Labute approximate surface area is 150 Å². The lowest BCUT2D eigenvalue weighted by atomic mass is 10.1. The van der Waals surface area contributed by atoms with Crippen LogP contribution in [0.15, 0.2) is 60.7 Å². The Hall–Kier alpha value is -3.35. The van der Waals surface area contributed by atoms with Crippen molar-refractivity contribution >= 4 is 18.0 Å². The zero-order chi connectivity index (χ0) is 18.9. The molecule has 0 spiro atoms. The fourth-order valence-corrected chi connectivity index (χ4v) is 2.38. The summed E-state index contributed by atoms with van der Waals surface area (Å²) in [6.07, 6.45) is -1.60. The lowest BCUT2D eigenvalue weighted by Gasteiger charge is -2.27. The van der Waals surface area contributed by atoms with E-state index >= 15 is 0 Å². The average Bonchev–Trinajstić information content (AvgIpc) is 2.64. The molecule has 2 aromatic carbocycles. The SMILES string of the molecule is O=C(O)CC(C(=O)O)N(Cc1ccccc1)C(=O)OCc1ccccc1. The summed E-state index contributed by atoms with van der Waals surface area (Å²) in [7, 11) is 0. The van der Waals surface area contributed by atoms with Gasteiger partial charge < -0.3 is 14.9 Å². The third-order valence-electron chi connectivity index (χ3n) is 3.66. The zero-order valence-corrected chi connectivity index (χ0v) is 13.9. The molecule has 0 saturated heterocycles. The first-order valence-corrected chi connectivity index (χ1v) is 7.93. The Bertz CT molecular complexity index is 747. The molecule has 0 aliphatic rings. The van der Waals surface area contributed by atoms with Gasteiger partial charge in [0.25, 0.3) is 0 Å². The largest absolute Gasteiger partial charge is 0.481 e. The second kappa shape index (κ2) is 9.22. The molecule has 0 aliphatic heterocycles. The van der Waals surface area contributed by atoms with Crippen LogP contribution in [0.1, 0.15) is 17.5 Å². The highest BCUT2D eigenvalue weighted by atomic mass is 16.6. The maximum Gasteiger partial charge on any atom is 0.411 e. The van der Waals surface area contributed by atoms with Gasteiger partial charge in [0.2, 0.25) is 0 Å². The highest BCUT2D eigenvalue weighted by Crippen LogP contribution is 2.15. The van der Waals surface area contributed by atoms with Gasteiger partial charge >= 0.3 is 18.0 Å². The number of carbonyl (C=O) groups excluding carboxylic acids is 1. The molecule has 0 aliphatic carbocycles. The Morgan fingerprint density at radius 2 is 1.42 bits per heavy atom. The first-order chi connectivity index (χ1) is 12.5. The lowest BCUT2D eigenvalue weighted by molar-refractivity contribution is -0.149.